The van der Waals surface area contributed by atoms with Crippen molar-refractivity contribution in [3.63, 3.8) is 0 Å². The molecule has 3 aromatic rings. The lowest BCUT2D eigenvalue weighted by Gasteiger charge is -2.17. The molecule has 0 N–H and O–H groups in total. The van der Waals surface area contributed by atoms with Crippen LogP contribution in [-0.4, -0.2) is 29.5 Å². The number of nitrogens with zero attached hydrogens (tertiary/aromatic N) is 2. The summed E-state index contributed by atoms with van der Waals surface area (Å²) < 4.78 is 13.5. The normalized spacial score (nSPS) is 10.5. The van der Waals surface area contributed by atoms with Gasteiger partial charge in [0, 0.05) is 17.1 Å². The maximum atomic E-state index is 13.5. The molecule has 0 unspecified atom stereocenters. The van der Waals surface area contributed by atoms with Crippen molar-refractivity contribution in [1.29, 1.82) is 0 Å². The Kier molecular flexibility index (Phi) is 9.71. The Balaban J connectivity index is 0.00000182. The molecule has 0 atom stereocenters. The summed E-state index contributed by atoms with van der Waals surface area (Å²) in [5.74, 6) is -0.220. The molecule has 1 heterocycles. The van der Waals surface area contributed by atoms with E-state index < -0.39 is 0 Å². The van der Waals surface area contributed by atoms with E-state index in [2.05, 4.69) is 48.0 Å². The van der Waals surface area contributed by atoms with E-state index >= 15 is 0 Å². The van der Waals surface area contributed by atoms with Crippen molar-refractivity contribution < 1.29 is 4.39 Å². The molecule has 2 aromatic carbocycles. The number of fused-ring (bicyclic) bond motifs is 1. The number of benzene rings is 2. The maximum Gasteiger partial charge on any atom is 0.123 e. The fraction of sp³-hybridized carbons (Fsp3) is 0.318. The third kappa shape index (κ3) is 6.17. The quantitative estimate of drug-likeness (QED) is 0.465. The molecule has 0 saturated carbocycles. The Labute approximate surface area is 173 Å². The fourth-order valence-electron chi connectivity index (χ4n) is 3.21. The van der Waals surface area contributed by atoms with E-state index in [4.69, 9.17) is 0 Å². The van der Waals surface area contributed by atoms with Gasteiger partial charge in [0.25, 0.3) is 0 Å². The van der Waals surface area contributed by atoms with Crippen LogP contribution >= 0.6 is 24.8 Å². The number of pyridine rings is 1. The Bertz CT molecular complexity index is 851. The first-order valence-corrected chi connectivity index (χ1v) is 9.06. The van der Waals surface area contributed by atoms with Gasteiger partial charge in [-0.3, -0.25) is 4.98 Å². The molecular formula is C22H27Cl2FN2. The van der Waals surface area contributed by atoms with Gasteiger partial charge >= 0.3 is 0 Å². The Morgan fingerprint density at radius 1 is 0.926 bits per heavy atom. The first kappa shape index (κ1) is 23.4. The number of hydrogen-bond acceptors (Lipinski definition) is 2. The van der Waals surface area contributed by atoms with Crippen molar-refractivity contribution in [2.45, 2.75) is 26.7 Å². The molecule has 0 amide bonds. The molecule has 0 fully saturated rings. The van der Waals surface area contributed by atoms with Crippen LogP contribution in [0.3, 0.4) is 0 Å². The molecule has 0 radical (unpaired) electrons. The number of hydrogen-bond donors (Lipinski definition) is 0. The van der Waals surface area contributed by atoms with Gasteiger partial charge < -0.3 is 4.90 Å². The second kappa shape index (κ2) is 11.2. The van der Waals surface area contributed by atoms with Gasteiger partial charge in [-0.05, 0) is 73.9 Å². The van der Waals surface area contributed by atoms with Gasteiger partial charge in [-0.25, -0.2) is 4.39 Å². The average Bonchev–Trinajstić information content (AvgIpc) is 2.64. The summed E-state index contributed by atoms with van der Waals surface area (Å²) in [7, 11) is 0. The molecule has 0 aliphatic carbocycles. The van der Waals surface area contributed by atoms with Gasteiger partial charge in [0.1, 0.15) is 5.82 Å². The smallest absolute Gasteiger partial charge is 0.123 e. The highest BCUT2D eigenvalue weighted by atomic mass is 35.5. The topological polar surface area (TPSA) is 16.1 Å². The zero-order chi connectivity index (χ0) is 17.6. The highest BCUT2D eigenvalue weighted by Crippen LogP contribution is 2.24. The molecule has 2 nitrogen and oxygen atoms in total. The van der Waals surface area contributed by atoms with Crippen molar-refractivity contribution in [3.8, 4) is 11.1 Å². The van der Waals surface area contributed by atoms with Crippen LogP contribution in [0.4, 0.5) is 4.39 Å². The van der Waals surface area contributed by atoms with E-state index in [1.807, 2.05) is 12.3 Å². The molecule has 0 aliphatic heterocycles. The SMILES string of the molecule is CCN(CC)CCCc1ccc2ncc(-c3cccc(F)c3)cc2c1.Cl.Cl. The molecule has 5 heteroatoms. The van der Waals surface area contributed by atoms with E-state index in [1.54, 1.807) is 12.1 Å². The van der Waals surface area contributed by atoms with E-state index in [-0.39, 0.29) is 30.6 Å². The summed E-state index contributed by atoms with van der Waals surface area (Å²) in [6.07, 6.45) is 4.04. The number of aryl methyl sites for hydroxylation is 1. The second-order valence-electron chi connectivity index (χ2n) is 6.39. The predicted octanol–water partition coefficient (Wildman–Crippen LogP) is 6.16. The van der Waals surface area contributed by atoms with Crippen LogP contribution in [-0.2, 0) is 6.42 Å². The molecular weight excluding hydrogens is 382 g/mol. The summed E-state index contributed by atoms with van der Waals surface area (Å²) in [4.78, 5) is 6.98. The summed E-state index contributed by atoms with van der Waals surface area (Å²) in [5, 5.41) is 1.11. The molecule has 0 spiro atoms. The van der Waals surface area contributed by atoms with Gasteiger partial charge in [0.05, 0.1) is 5.52 Å². The molecule has 1 aromatic heterocycles. The fourth-order valence-corrected chi connectivity index (χ4v) is 3.21. The van der Waals surface area contributed by atoms with E-state index in [0.717, 1.165) is 54.5 Å². The minimum atomic E-state index is -0.220. The van der Waals surface area contributed by atoms with Gasteiger partial charge in [-0.1, -0.05) is 32.0 Å². The van der Waals surface area contributed by atoms with Crippen LogP contribution in [0.15, 0.2) is 54.7 Å². The zero-order valence-electron chi connectivity index (χ0n) is 15.8. The van der Waals surface area contributed by atoms with Gasteiger partial charge in [-0.2, -0.15) is 0 Å². The highest BCUT2D eigenvalue weighted by molar-refractivity contribution is 5.86. The molecule has 0 aliphatic rings. The first-order chi connectivity index (χ1) is 12.2. The maximum absolute atomic E-state index is 13.5. The molecule has 3 rings (SSSR count). The third-order valence-corrected chi connectivity index (χ3v) is 4.74. The summed E-state index contributed by atoms with van der Waals surface area (Å²) in [6, 6.07) is 15.2. The molecule has 146 valence electrons. The standard InChI is InChI=1S/C22H25FN2.2ClH/c1-3-25(4-2)12-6-7-17-10-11-22-19(13-17)14-20(16-24-22)18-8-5-9-21(23)15-18;;/h5,8-11,13-16H,3-4,6-7,12H2,1-2H3;2*1H. The molecule has 0 saturated heterocycles. The van der Waals surface area contributed by atoms with E-state index in [0.29, 0.717) is 0 Å². The number of aromatic nitrogens is 1. The van der Waals surface area contributed by atoms with Crippen LogP contribution in [0, 0.1) is 5.82 Å². The van der Waals surface area contributed by atoms with Crippen LogP contribution in [0.25, 0.3) is 22.0 Å². The van der Waals surface area contributed by atoms with Gasteiger partial charge in [0.2, 0.25) is 0 Å². The minimum absolute atomic E-state index is 0. The first-order valence-electron chi connectivity index (χ1n) is 9.06. The van der Waals surface area contributed by atoms with Crippen molar-refractivity contribution >= 4 is 35.7 Å². The van der Waals surface area contributed by atoms with E-state index in [9.17, 15) is 4.39 Å². The Morgan fingerprint density at radius 2 is 1.70 bits per heavy atom. The number of rotatable bonds is 7. The van der Waals surface area contributed by atoms with Gasteiger partial charge in [-0.15, -0.1) is 24.8 Å². The van der Waals surface area contributed by atoms with Crippen molar-refractivity contribution in [2.24, 2.45) is 0 Å². The molecule has 27 heavy (non-hydrogen) atoms. The lowest BCUT2D eigenvalue weighted by molar-refractivity contribution is 0.300. The lowest BCUT2D eigenvalue weighted by Crippen LogP contribution is -2.24. The van der Waals surface area contributed by atoms with Gasteiger partial charge in [0.15, 0.2) is 0 Å². The Hall–Kier alpha value is -1.68. The average molecular weight is 409 g/mol. The Morgan fingerprint density at radius 3 is 2.41 bits per heavy atom. The summed E-state index contributed by atoms with van der Waals surface area (Å²) >= 11 is 0. The third-order valence-electron chi connectivity index (χ3n) is 4.74. The predicted molar refractivity (Wildman–Crippen MR) is 118 cm³/mol. The van der Waals surface area contributed by atoms with Crippen molar-refractivity contribution in [2.75, 3.05) is 19.6 Å². The minimum Gasteiger partial charge on any atom is -0.304 e. The van der Waals surface area contributed by atoms with Crippen LogP contribution < -0.4 is 0 Å². The van der Waals surface area contributed by atoms with Crippen molar-refractivity contribution in [1.82, 2.24) is 9.88 Å². The van der Waals surface area contributed by atoms with Crippen LogP contribution in [0.1, 0.15) is 25.8 Å². The largest absolute Gasteiger partial charge is 0.304 e. The number of halogens is 3. The van der Waals surface area contributed by atoms with Crippen LogP contribution in [0.5, 0.6) is 0 Å². The summed E-state index contributed by atoms with van der Waals surface area (Å²) in [5.41, 5.74) is 4.12. The summed E-state index contributed by atoms with van der Waals surface area (Å²) in [6.45, 7) is 7.76. The van der Waals surface area contributed by atoms with Crippen LogP contribution in [0.2, 0.25) is 0 Å². The zero-order valence-corrected chi connectivity index (χ0v) is 17.5. The monoisotopic (exact) mass is 408 g/mol. The second-order valence-corrected chi connectivity index (χ2v) is 6.39. The highest BCUT2D eigenvalue weighted by Gasteiger charge is 2.04. The van der Waals surface area contributed by atoms with Crippen molar-refractivity contribution in [3.05, 3.63) is 66.1 Å². The molecule has 0 bridgehead atoms. The van der Waals surface area contributed by atoms with E-state index in [1.165, 1.54) is 11.6 Å². The lowest BCUT2D eigenvalue weighted by atomic mass is 10.0.